The van der Waals surface area contributed by atoms with Gasteiger partial charge in [0.05, 0.1) is 5.25 Å². The Bertz CT molecular complexity index is 1240. The second-order valence-corrected chi connectivity index (χ2v) is 9.61. The summed E-state index contributed by atoms with van der Waals surface area (Å²) >= 11 is 13.5. The number of aromatic nitrogens is 3. The first-order chi connectivity index (χ1) is 15.9. The van der Waals surface area contributed by atoms with Crippen molar-refractivity contribution in [2.45, 2.75) is 30.7 Å². The van der Waals surface area contributed by atoms with Gasteiger partial charge >= 0.3 is 0 Å². The van der Waals surface area contributed by atoms with E-state index in [9.17, 15) is 4.79 Å². The highest BCUT2D eigenvalue weighted by molar-refractivity contribution is 8.00. The van der Waals surface area contributed by atoms with Gasteiger partial charge in [-0.15, -0.1) is 10.2 Å². The van der Waals surface area contributed by atoms with E-state index in [1.54, 1.807) is 0 Å². The summed E-state index contributed by atoms with van der Waals surface area (Å²) < 4.78 is 1.92. The Labute approximate surface area is 207 Å². The number of thioether (sulfide) groups is 1. The largest absolute Gasteiger partial charge is 0.325 e. The lowest BCUT2D eigenvalue weighted by atomic mass is 10.1. The maximum absolute atomic E-state index is 12.9. The number of carbonyl (C=O) groups is 1. The molecule has 8 heteroatoms. The molecule has 0 spiro atoms. The quantitative estimate of drug-likeness (QED) is 0.282. The molecule has 1 N–H and O–H groups in total. The van der Waals surface area contributed by atoms with Crippen molar-refractivity contribution in [2.75, 3.05) is 5.32 Å². The molecule has 4 aromatic rings. The molecule has 1 amide bonds. The minimum absolute atomic E-state index is 0.108. The normalized spacial score (nSPS) is 11.9. The third-order valence-corrected chi connectivity index (χ3v) is 6.65. The number of halogens is 2. The van der Waals surface area contributed by atoms with Crippen LogP contribution in [0.25, 0.3) is 17.1 Å². The van der Waals surface area contributed by atoms with Crippen LogP contribution >= 0.6 is 35.0 Å². The summed E-state index contributed by atoms with van der Waals surface area (Å²) in [5.41, 5.74) is 3.70. The Kier molecular flexibility index (Phi) is 7.38. The first kappa shape index (κ1) is 23.4. The highest BCUT2D eigenvalue weighted by Crippen LogP contribution is 2.31. The van der Waals surface area contributed by atoms with Crippen LogP contribution in [0.15, 0.2) is 78.0 Å². The summed E-state index contributed by atoms with van der Waals surface area (Å²) in [6.07, 6.45) is 0.955. The fraction of sp³-hybridized carbons (Fsp3) is 0.160. The van der Waals surface area contributed by atoms with E-state index in [1.807, 2.05) is 84.3 Å². The van der Waals surface area contributed by atoms with E-state index in [0.29, 0.717) is 21.0 Å². The topological polar surface area (TPSA) is 59.8 Å². The van der Waals surface area contributed by atoms with E-state index in [2.05, 4.69) is 22.4 Å². The summed E-state index contributed by atoms with van der Waals surface area (Å²) in [7, 11) is 0. The molecular weight excluding hydrogens is 475 g/mol. The van der Waals surface area contributed by atoms with Crippen molar-refractivity contribution in [1.29, 1.82) is 0 Å². The molecule has 1 aromatic heterocycles. The van der Waals surface area contributed by atoms with Crippen molar-refractivity contribution >= 4 is 46.6 Å². The van der Waals surface area contributed by atoms with Crippen molar-refractivity contribution < 1.29 is 4.79 Å². The summed E-state index contributed by atoms with van der Waals surface area (Å²) in [5, 5.41) is 13.3. The SMILES string of the molecule is CCc1ccc(NC(=O)[C@@H](C)Sc2nnc(-c3ccc(Cl)cc3)n2-c2ccc(Cl)cc2)cc1. The molecule has 33 heavy (non-hydrogen) atoms. The van der Waals surface area contributed by atoms with Gasteiger partial charge in [0.25, 0.3) is 0 Å². The Hall–Kier alpha value is -2.80. The molecule has 0 saturated carbocycles. The van der Waals surface area contributed by atoms with Gasteiger partial charge in [-0.1, -0.05) is 54.0 Å². The average Bonchev–Trinajstić information content (AvgIpc) is 3.24. The van der Waals surface area contributed by atoms with Crippen molar-refractivity contribution in [3.05, 3.63) is 88.4 Å². The fourth-order valence-corrected chi connectivity index (χ4v) is 4.35. The molecule has 0 bridgehead atoms. The van der Waals surface area contributed by atoms with Crippen LogP contribution in [0.2, 0.25) is 10.0 Å². The van der Waals surface area contributed by atoms with Crippen LogP contribution in [0.1, 0.15) is 19.4 Å². The zero-order valence-electron chi connectivity index (χ0n) is 18.1. The number of hydrogen-bond donors (Lipinski definition) is 1. The van der Waals surface area contributed by atoms with E-state index in [1.165, 1.54) is 17.3 Å². The van der Waals surface area contributed by atoms with Gasteiger partial charge in [-0.2, -0.15) is 0 Å². The molecule has 5 nitrogen and oxygen atoms in total. The molecule has 168 valence electrons. The van der Waals surface area contributed by atoms with E-state index < -0.39 is 5.25 Å². The maximum atomic E-state index is 12.9. The summed E-state index contributed by atoms with van der Waals surface area (Å²) in [4.78, 5) is 12.9. The lowest BCUT2D eigenvalue weighted by Gasteiger charge is -2.14. The van der Waals surface area contributed by atoms with Crippen LogP contribution in [0.3, 0.4) is 0 Å². The van der Waals surface area contributed by atoms with Gasteiger partial charge in [0.2, 0.25) is 5.91 Å². The van der Waals surface area contributed by atoms with E-state index >= 15 is 0 Å². The van der Waals surface area contributed by atoms with Gasteiger partial charge in [-0.3, -0.25) is 9.36 Å². The third-order valence-electron chi connectivity index (χ3n) is 5.10. The van der Waals surface area contributed by atoms with Gasteiger partial charge in [-0.25, -0.2) is 0 Å². The van der Waals surface area contributed by atoms with E-state index in [-0.39, 0.29) is 5.91 Å². The number of nitrogens with zero attached hydrogens (tertiary/aromatic N) is 3. The number of hydrogen-bond acceptors (Lipinski definition) is 4. The van der Waals surface area contributed by atoms with Crippen LogP contribution in [-0.2, 0) is 11.2 Å². The number of rotatable bonds is 7. The van der Waals surface area contributed by atoms with Crippen molar-refractivity contribution in [3.8, 4) is 17.1 Å². The van der Waals surface area contributed by atoms with Gasteiger partial charge in [-0.05, 0) is 79.6 Å². The van der Waals surface area contributed by atoms with Crippen molar-refractivity contribution in [2.24, 2.45) is 0 Å². The molecular formula is C25H22Cl2N4OS. The molecule has 0 unspecified atom stereocenters. The molecule has 1 atom stereocenters. The molecule has 0 saturated heterocycles. The molecule has 0 aliphatic rings. The standard InChI is InChI=1S/C25H22Cl2N4OS/c1-3-17-4-12-21(13-5-17)28-24(32)16(2)33-25-30-29-23(18-6-8-19(26)9-7-18)31(25)22-14-10-20(27)11-15-22/h4-16H,3H2,1-2H3,(H,28,32)/t16-/m1/s1. The minimum Gasteiger partial charge on any atom is -0.325 e. The molecule has 0 aliphatic heterocycles. The van der Waals surface area contributed by atoms with Gasteiger partial charge in [0.15, 0.2) is 11.0 Å². The van der Waals surface area contributed by atoms with E-state index in [0.717, 1.165) is 23.4 Å². The lowest BCUT2D eigenvalue weighted by Crippen LogP contribution is -2.22. The fourth-order valence-electron chi connectivity index (χ4n) is 3.23. The molecule has 0 radical (unpaired) electrons. The smallest absolute Gasteiger partial charge is 0.237 e. The minimum atomic E-state index is -0.399. The number of amides is 1. The predicted octanol–water partition coefficient (Wildman–Crippen LogP) is 6.92. The number of benzene rings is 3. The van der Waals surface area contributed by atoms with Gasteiger partial charge < -0.3 is 5.32 Å². The molecule has 0 aliphatic carbocycles. The first-order valence-electron chi connectivity index (χ1n) is 10.5. The van der Waals surface area contributed by atoms with Crippen LogP contribution < -0.4 is 5.32 Å². The molecule has 0 fully saturated rings. The van der Waals surface area contributed by atoms with Crippen LogP contribution in [0.4, 0.5) is 5.69 Å². The molecule has 1 heterocycles. The van der Waals surface area contributed by atoms with Crippen LogP contribution in [0, 0.1) is 0 Å². The summed E-state index contributed by atoms with van der Waals surface area (Å²) in [6, 6.07) is 22.7. The molecule has 4 rings (SSSR count). The predicted molar refractivity (Wildman–Crippen MR) is 137 cm³/mol. The number of carbonyl (C=O) groups excluding carboxylic acids is 1. The Morgan fingerprint density at radius 3 is 2.15 bits per heavy atom. The Balaban J connectivity index is 1.61. The maximum Gasteiger partial charge on any atom is 0.237 e. The highest BCUT2D eigenvalue weighted by atomic mass is 35.5. The highest BCUT2D eigenvalue weighted by Gasteiger charge is 2.22. The lowest BCUT2D eigenvalue weighted by molar-refractivity contribution is -0.115. The average molecular weight is 497 g/mol. The second kappa shape index (κ2) is 10.4. The second-order valence-electron chi connectivity index (χ2n) is 7.42. The van der Waals surface area contributed by atoms with E-state index in [4.69, 9.17) is 23.2 Å². The first-order valence-corrected chi connectivity index (χ1v) is 12.1. The Morgan fingerprint density at radius 1 is 0.939 bits per heavy atom. The summed E-state index contributed by atoms with van der Waals surface area (Å²) in [5.74, 6) is 0.544. The van der Waals surface area contributed by atoms with Gasteiger partial charge in [0.1, 0.15) is 0 Å². The Morgan fingerprint density at radius 2 is 1.55 bits per heavy atom. The zero-order valence-corrected chi connectivity index (χ0v) is 20.5. The monoisotopic (exact) mass is 496 g/mol. The zero-order chi connectivity index (χ0) is 23.4. The number of nitrogens with one attached hydrogen (secondary N) is 1. The number of anilines is 1. The van der Waals surface area contributed by atoms with Crippen molar-refractivity contribution in [1.82, 2.24) is 14.8 Å². The van der Waals surface area contributed by atoms with Crippen LogP contribution in [-0.4, -0.2) is 25.9 Å². The van der Waals surface area contributed by atoms with Crippen LogP contribution in [0.5, 0.6) is 0 Å². The number of aryl methyl sites for hydroxylation is 1. The van der Waals surface area contributed by atoms with Gasteiger partial charge in [0, 0.05) is 27.0 Å². The van der Waals surface area contributed by atoms with Crippen molar-refractivity contribution in [3.63, 3.8) is 0 Å². The summed E-state index contributed by atoms with van der Waals surface area (Å²) in [6.45, 7) is 3.95. The third kappa shape index (κ3) is 5.58. The molecule has 3 aromatic carbocycles.